The zero-order valence-electron chi connectivity index (χ0n) is 14.0. The van der Waals surface area contributed by atoms with Crippen LogP contribution in [0.1, 0.15) is 31.2 Å². The van der Waals surface area contributed by atoms with Gasteiger partial charge in [0.2, 0.25) is 5.91 Å². The van der Waals surface area contributed by atoms with Crippen LogP contribution < -0.4 is 10.2 Å². The van der Waals surface area contributed by atoms with Gasteiger partial charge in [-0.15, -0.1) is 0 Å². The first-order valence-electron chi connectivity index (χ1n) is 8.57. The Kier molecular flexibility index (Phi) is 5.06. The number of rotatable bonds is 4. The first-order valence-corrected chi connectivity index (χ1v) is 8.57. The highest BCUT2D eigenvalue weighted by Crippen LogP contribution is 2.35. The van der Waals surface area contributed by atoms with Crippen molar-refractivity contribution in [1.82, 2.24) is 10.3 Å². The van der Waals surface area contributed by atoms with Crippen molar-refractivity contribution in [2.24, 2.45) is 11.8 Å². The number of amides is 1. The van der Waals surface area contributed by atoms with Crippen molar-refractivity contribution in [3.63, 3.8) is 0 Å². The van der Waals surface area contributed by atoms with Crippen molar-refractivity contribution in [1.29, 1.82) is 0 Å². The van der Waals surface area contributed by atoms with E-state index in [-0.39, 0.29) is 11.9 Å². The minimum absolute atomic E-state index is 0.0526. The maximum absolute atomic E-state index is 12.6. The standard InChI is InChI=1S/C17H20F3N3O3/c18-17(19,20)10-1-4-14(21-9-10)23-7-5-11(6-8-23)22-15(24)12-2-3-13(12)16(25)26/h1,4,9,11-13H,2-3,5-8H2,(H,22,24)(H,25,26). The van der Waals surface area contributed by atoms with Crippen LogP contribution in [0.5, 0.6) is 0 Å². The number of carbonyl (C=O) groups is 2. The number of carboxylic acids is 1. The molecule has 2 fully saturated rings. The summed E-state index contributed by atoms with van der Waals surface area (Å²) in [7, 11) is 0. The average molecular weight is 371 g/mol. The van der Waals surface area contributed by atoms with Crippen LogP contribution >= 0.6 is 0 Å². The maximum Gasteiger partial charge on any atom is 0.417 e. The molecule has 1 amide bonds. The zero-order chi connectivity index (χ0) is 18.9. The molecule has 2 aliphatic rings. The fourth-order valence-electron chi connectivity index (χ4n) is 3.41. The van der Waals surface area contributed by atoms with Crippen molar-refractivity contribution >= 4 is 17.7 Å². The molecule has 1 aliphatic carbocycles. The van der Waals surface area contributed by atoms with Crippen LogP contribution in [0.3, 0.4) is 0 Å². The van der Waals surface area contributed by atoms with Gasteiger partial charge in [0.05, 0.1) is 17.4 Å². The summed E-state index contributed by atoms with van der Waals surface area (Å²) in [5.74, 6) is -1.71. The number of carboxylic acid groups (broad SMARTS) is 1. The van der Waals surface area contributed by atoms with Crippen molar-refractivity contribution in [3.8, 4) is 0 Å². The van der Waals surface area contributed by atoms with Crippen molar-refractivity contribution in [2.45, 2.75) is 37.9 Å². The molecule has 2 atom stereocenters. The minimum Gasteiger partial charge on any atom is -0.481 e. The zero-order valence-corrected chi connectivity index (χ0v) is 14.0. The second kappa shape index (κ2) is 7.13. The molecule has 1 aromatic heterocycles. The lowest BCUT2D eigenvalue weighted by Gasteiger charge is -2.36. The third kappa shape index (κ3) is 3.91. The number of hydrogen-bond acceptors (Lipinski definition) is 4. The van der Waals surface area contributed by atoms with Crippen LogP contribution in [0.15, 0.2) is 18.3 Å². The summed E-state index contributed by atoms with van der Waals surface area (Å²) in [5, 5.41) is 11.9. The van der Waals surface area contributed by atoms with E-state index in [1.165, 1.54) is 6.07 Å². The monoisotopic (exact) mass is 371 g/mol. The van der Waals surface area contributed by atoms with Gasteiger partial charge < -0.3 is 15.3 Å². The van der Waals surface area contributed by atoms with Gasteiger partial charge >= 0.3 is 12.1 Å². The highest BCUT2D eigenvalue weighted by Gasteiger charge is 2.42. The molecule has 2 heterocycles. The van der Waals surface area contributed by atoms with Crippen LogP contribution in [-0.2, 0) is 15.8 Å². The van der Waals surface area contributed by atoms with Crippen LogP contribution in [-0.4, -0.2) is 41.1 Å². The molecule has 26 heavy (non-hydrogen) atoms. The number of halogens is 3. The van der Waals surface area contributed by atoms with Gasteiger partial charge in [-0.05, 0) is 37.8 Å². The molecule has 0 aromatic carbocycles. The number of aliphatic carboxylic acids is 1. The Balaban J connectivity index is 1.50. The number of nitrogens with one attached hydrogen (secondary N) is 1. The Bertz CT molecular complexity index is 670. The number of piperidine rings is 1. The number of carbonyl (C=O) groups excluding carboxylic acids is 1. The average Bonchev–Trinajstić information content (AvgIpc) is 2.53. The molecular formula is C17H20F3N3O3. The van der Waals surface area contributed by atoms with E-state index in [1.807, 2.05) is 4.90 Å². The van der Waals surface area contributed by atoms with Crippen LogP contribution in [0.25, 0.3) is 0 Å². The molecule has 1 saturated heterocycles. The Morgan fingerprint density at radius 2 is 1.77 bits per heavy atom. The second-order valence-electron chi connectivity index (χ2n) is 6.80. The Labute approximate surface area is 148 Å². The molecule has 9 heteroatoms. The molecule has 6 nitrogen and oxygen atoms in total. The molecule has 0 bridgehead atoms. The lowest BCUT2D eigenvalue weighted by molar-refractivity contribution is -0.153. The largest absolute Gasteiger partial charge is 0.481 e. The van der Waals surface area contributed by atoms with Crippen LogP contribution in [0.2, 0.25) is 0 Å². The van der Waals surface area contributed by atoms with Crippen molar-refractivity contribution in [2.75, 3.05) is 18.0 Å². The Morgan fingerprint density at radius 3 is 2.23 bits per heavy atom. The molecule has 0 radical (unpaired) electrons. The number of nitrogens with zero attached hydrogens (tertiary/aromatic N) is 2. The van der Waals surface area contributed by atoms with Crippen LogP contribution in [0, 0.1) is 11.8 Å². The summed E-state index contributed by atoms with van der Waals surface area (Å²) in [6.45, 7) is 1.13. The molecule has 0 spiro atoms. The third-order valence-electron chi connectivity index (χ3n) is 5.17. The quantitative estimate of drug-likeness (QED) is 0.849. The topological polar surface area (TPSA) is 82.5 Å². The lowest BCUT2D eigenvalue weighted by atomic mass is 9.73. The summed E-state index contributed by atoms with van der Waals surface area (Å²) in [6, 6.07) is 2.31. The Morgan fingerprint density at radius 1 is 1.12 bits per heavy atom. The van der Waals surface area contributed by atoms with Crippen molar-refractivity contribution in [3.05, 3.63) is 23.9 Å². The van der Waals surface area contributed by atoms with Gasteiger partial charge in [-0.1, -0.05) is 0 Å². The number of hydrogen-bond donors (Lipinski definition) is 2. The highest BCUT2D eigenvalue weighted by atomic mass is 19.4. The summed E-state index contributed by atoms with van der Waals surface area (Å²) in [4.78, 5) is 29.0. The molecule has 3 rings (SSSR count). The summed E-state index contributed by atoms with van der Waals surface area (Å²) >= 11 is 0. The van der Waals surface area contributed by atoms with E-state index in [2.05, 4.69) is 10.3 Å². The van der Waals surface area contributed by atoms with Gasteiger partial charge in [0, 0.05) is 25.3 Å². The fraction of sp³-hybridized carbons (Fsp3) is 0.588. The number of aromatic nitrogens is 1. The smallest absolute Gasteiger partial charge is 0.417 e. The molecule has 1 aromatic rings. The SMILES string of the molecule is O=C(O)C1CCC1C(=O)NC1CCN(c2ccc(C(F)(F)F)cn2)CC1. The van der Waals surface area contributed by atoms with E-state index in [1.54, 1.807) is 0 Å². The molecule has 1 aliphatic heterocycles. The molecule has 1 saturated carbocycles. The van der Waals surface area contributed by atoms with E-state index in [0.717, 1.165) is 12.3 Å². The van der Waals surface area contributed by atoms with E-state index < -0.39 is 29.5 Å². The lowest BCUT2D eigenvalue weighted by Crippen LogP contribution is -2.50. The van der Waals surface area contributed by atoms with E-state index >= 15 is 0 Å². The predicted octanol–water partition coefficient (Wildman–Crippen LogP) is 2.30. The number of anilines is 1. The summed E-state index contributed by atoms with van der Waals surface area (Å²) < 4.78 is 37.7. The van der Waals surface area contributed by atoms with Gasteiger partial charge in [0.25, 0.3) is 0 Å². The molecular weight excluding hydrogens is 351 g/mol. The predicted molar refractivity (Wildman–Crippen MR) is 86.5 cm³/mol. The second-order valence-corrected chi connectivity index (χ2v) is 6.80. The first kappa shape index (κ1) is 18.5. The number of alkyl halides is 3. The van der Waals surface area contributed by atoms with E-state index in [0.29, 0.717) is 44.6 Å². The van der Waals surface area contributed by atoms with Crippen molar-refractivity contribution < 1.29 is 27.9 Å². The van der Waals surface area contributed by atoms with Gasteiger partial charge in [-0.2, -0.15) is 13.2 Å². The van der Waals surface area contributed by atoms with E-state index in [4.69, 9.17) is 5.11 Å². The van der Waals surface area contributed by atoms with Crippen LogP contribution in [0.4, 0.5) is 19.0 Å². The van der Waals surface area contributed by atoms with Gasteiger partial charge in [0.1, 0.15) is 5.82 Å². The first-order chi connectivity index (χ1) is 12.3. The van der Waals surface area contributed by atoms with Gasteiger partial charge in [-0.25, -0.2) is 4.98 Å². The fourth-order valence-corrected chi connectivity index (χ4v) is 3.41. The number of pyridine rings is 1. The maximum atomic E-state index is 12.6. The molecule has 2 unspecified atom stereocenters. The molecule has 2 N–H and O–H groups in total. The summed E-state index contributed by atoms with van der Waals surface area (Å²) in [6.07, 6.45) is -1.18. The highest BCUT2D eigenvalue weighted by molar-refractivity contribution is 5.86. The normalized spacial score (nSPS) is 24.0. The minimum atomic E-state index is -4.40. The molecule has 142 valence electrons. The van der Waals surface area contributed by atoms with Gasteiger partial charge in [-0.3, -0.25) is 9.59 Å². The third-order valence-corrected chi connectivity index (χ3v) is 5.17. The summed E-state index contributed by atoms with van der Waals surface area (Å²) in [5.41, 5.74) is -0.781. The Hall–Kier alpha value is -2.32. The van der Waals surface area contributed by atoms with E-state index in [9.17, 15) is 22.8 Å². The van der Waals surface area contributed by atoms with Gasteiger partial charge in [0.15, 0.2) is 0 Å².